The Morgan fingerprint density at radius 2 is 1.50 bits per heavy atom. The molecule has 22 heavy (non-hydrogen) atoms. The van der Waals surface area contributed by atoms with Gasteiger partial charge in [-0.05, 0) is 17.2 Å². The molecule has 4 N–H and O–H groups in total. The number of sulfonamides is 2. The maximum Gasteiger partial charge on any atom is 0.238 e. The SMILES string of the molecule is NS(=O)(=O)c1ccc(CC2CO2)c(S(N)(=O)=O)c1CC1CO1. The first-order valence-electron chi connectivity index (χ1n) is 6.60. The third-order valence-corrected chi connectivity index (χ3v) is 5.65. The van der Waals surface area contributed by atoms with Crippen molar-refractivity contribution in [1.82, 2.24) is 0 Å². The van der Waals surface area contributed by atoms with E-state index in [1.807, 2.05) is 0 Å². The lowest BCUT2D eigenvalue weighted by Crippen LogP contribution is -2.23. The van der Waals surface area contributed by atoms with Crippen LogP contribution in [0.1, 0.15) is 11.1 Å². The molecule has 0 radical (unpaired) electrons. The van der Waals surface area contributed by atoms with Gasteiger partial charge in [-0.3, -0.25) is 0 Å². The summed E-state index contributed by atoms with van der Waals surface area (Å²) >= 11 is 0. The van der Waals surface area contributed by atoms with Gasteiger partial charge >= 0.3 is 0 Å². The van der Waals surface area contributed by atoms with E-state index in [0.717, 1.165) is 0 Å². The van der Waals surface area contributed by atoms with Crippen molar-refractivity contribution >= 4 is 20.0 Å². The number of rotatable bonds is 6. The van der Waals surface area contributed by atoms with Crippen LogP contribution in [0.3, 0.4) is 0 Å². The number of hydrogen-bond donors (Lipinski definition) is 2. The van der Waals surface area contributed by atoms with Crippen molar-refractivity contribution in [2.45, 2.75) is 34.8 Å². The number of primary sulfonamides is 2. The number of benzene rings is 1. The Morgan fingerprint density at radius 1 is 0.955 bits per heavy atom. The van der Waals surface area contributed by atoms with Gasteiger partial charge in [-0.25, -0.2) is 27.1 Å². The van der Waals surface area contributed by atoms with Crippen molar-refractivity contribution in [3.63, 3.8) is 0 Å². The van der Waals surface area contributed by atoms with E-state index in [2.05, 4.69) is 0 Å². The van der Waals surface area contributed by atoms with E-state index < -0.39 is 20.0 Å². The lowest BCUT2D eigenvalue weighted by Gasteiger charge is -2.15. The second kappa shape index (κ2) is 5.25. The van der Waals surface area contributed by atoms with Crippen LogP contribution in [-0.4, -0.2) is 42.3 Å². The molecule has 1 aromatic carbocycles. The third kappa shape index (κ3) is 3.47. The van der Waals surface area contributed by atoms with Gasteiger partial charge in [-0.2, -0.15) is 0 Å². The van der Waals surface area contributed by atoms with Crippen LogP contribution >= 0.6 is 0 Å². The third-order valence-electron chi connectivity index (χ3n) is 3.57. The lowest BCUT2D eigenvalue weighted by atomic mass is 10.0. The zero-order valence-corrected chi connectivity index (χ0v) is 13.2. The molecule has 3 rings (SSSR count). The molecule has 0 amide bonds. The molecule has 2 atom stereocenters. The number of epoxide rings is 2. The molecular weight excluding hydrogens is 332 g/mol. The minimum Gasteiger partial charge on any atom is -0.373 e. The van der Waals surface area contributed by atoms with Crippen LogP contribution in [0.2, 0.25) is 0 Å². The highest BCUT2D eigenvalue weighted by Crippen LogP contribution is 2.32. The normalized spacial score (nSPS) is 24.3. The fourth-order valence-corrected chi connectivity index (χ4v) is 4.38. The molecule has 0 aliphatic carbocycles. The van der Waals surface area contributed by atoms with E-state index in [0.29, 0.717) is 25.2 Å². The van der Waals surface area contributed by atoms with Crippen LogP contribution in [0.5, 0.6) is 0 Å². The Kier molecular flexibility index (Phi) is 3.78. The van der Waals surface area contributed by atoms with Gasteiger partial charge < -0.3 is 9.47 Å². The summed E-state index contributed by atoms with van der Waals surface area (Å²) < 4.78 is 57.7. The molecule has 10 heteroatoms. The molecule has 0 bridgehead atoms. The van der Waals surface area contributed by atoms with E-state index in [1.54, 1.807) is 0 Å². The zero-order valence-electron chi connectivity index (χ0n) is 11.6. The van der Waals surface area contributed by atoms with E-state index in [-0.39, 0.29) is 34.0 Å². The van der Waals surface area contributed by atoms with Crippen molar-refractivity contribution in [3.05, 3.63) is 23.3 Å². The summed E-state index contributed by atoms with van der Waals surface area (Å²) in [5, 5.41) is 10.5. The average molecular weight is 348 g/mol. The first-order valence-corrected chi connectivity index (χ1v) is 9.69. The van der Waals surface area contributed by atoms with Gasteiger partial charge in [0.15, 0.2) is 0 Å². The van der Waals surface area contributed by atoms with E-state index in [9.17, 15) is 16.8 Å². The molecule has 2 aliphatic rings. The van der Waals surface area contributed by atoms with Gasteiger partial charge in [0.2, 0.25) is 20.0 Å². The Morgan fingerprint density at radius 3 is 1.95 bits per heavy atom. The predicted octanol–water partition coefficient (Wildman–Crippen LogP) is -1.14. The maximum absolute atomic E-state index is 12.0. The van der Waals surface area contributed by atoms with Crippen molar-refractivity contribution in [1.29, 1.82) is 0 Å². The van der Waals surface area contributed by atoms with Gasteiger partial charge in [0, 0.05) is 12.8 Å². The first-order chi connectivity index (χ1) is 10.2. The largest absolute Gasteiger partial charge is 0.373 e. The van der Waals surface area contributed by atoms with E-state index in [1.165, 1.54) is 12.1 Å². The number of nitrogens with two attached hydrogens (primary N) is 2. The Hall–Kier alpha value is -1.04. The first kappa shape index (κ1) is 15.8. The quantitative estimate of drug-likeness (QED) is 0.622. The Balaban J connectivity index is 2.21. The Bertz CT molecular complexity index is 810. The zero-order chi connectivity index (χ0) is 16.1. The van der Waals surface area contributed by atoms with Gasteiger partial charge in [0.05, 0.1) is 35.2 Å². The van der Waals surface area contributed by atoms with Gasteiger partial charge in [-0.15, -0.1) is 0 Å². The van der Waals surface area contributed by atoms with Crippen LogP contribution in [-0.2, 0) is 42.4 Å². The summed E-state index contributed by atoms with van der Waals surface area (Å²) in [6.45, 7) is 0.992. The molecule has 2 saturated heterocycles. The average Bonchev–Trinajstić information content (AvgIpc) is 3.21. The van der Waals surface area contributed by atoms with Crippen LogP contribution in [0.15, 0.2) is 21.9 Å². The molecule has 2 fully saturated rings. The number of hydrogen-bond acceptors (Lipinski definition) is 6. The van der Waals surface area contributed by atoms with Crippen molar-refractivity contribution in [2.24, 2.45) is 10.3 Å². The standard InChI is InChI=1S/C12H16N2O6S2/c13-21(15,16)11-2-1-7(3-8-5-19-8)12(22(14,17)18)10(11)4-9-6-20-9/h1-2,8-9H,3-6H2,(H2,13,15,16)(H2,14,17,18). The fourth-order valence-electron chi connectivity index (χ4n) is 2.48. The van der Waals surface area contributed by atoms with Gasteiger partial charge in [-0.1, -0.05) is 6.07 Å². The molecule has 0 saturated carbocycles. The maximum atomic E-state index is 12.0. The highest BCUT2D eigenvalue weighted by atomic mass is 32.2. The molecule has 2 aliphatic heterocycles. The van der Waals surface area contributed by atoms with Crippen LogP contribution < -0.4 is 10.3 Å². The molecule has 0 aromatic heterocycles. The highest BCUT2D eigenvalue weighted by Gasteiger charge is 2.33. The van der Waals surface area contributed by atoms with Crippen molar-refractivity contribution in [2.75, 3.05) is 13.2 Å². The summed E-state index contributed by atoms with van der Waals surface area (Å²) in [4.78, 5) is -0.405. The van der Waals surface area contributed by atoms with E-state index >= 15 is 0 Å². The summed E-state index contributed by atoms with van der Waals surface area (Å²) in [6, 6.07) is 2.75. The number of ether oxygens (including phenoxy) is 2. The molecule has 2 unspecified atom stereocenters. The monoisotopic (exact) mass is 348 g/mol. The highest BCUT2D eigenvalue weighted by molar-refractivity contribution is 7.90. The van der Waals surface area contributed by atoms with Gasteiger partial charge in [0.25, 0.3) is 0 Å². The predicted molar refractivity (Wildman–Crippen MR) is 76.1 cm³/mol. The molecule has 122 valence electrons. The van der Waals surface area contributed by atoms with Gasteiger partial charge in [0.1, 0.15) is 0 Å². The topological polar surface area (TPSA) is 145 Å². The minimum absolute atomic E-state index is 0.0640. The minimum atomic E-state index is -4.11. The fraction of sp³-hybridized carbons (Fsp3) is 0.500. The van der Waals surface area contributed by atoms with E-state index in [4.69, 9.17) is 19.8 Å². The molecule has 8 nitrogen and oxygen atoms in total. The second-order valence-corrected chi connectivity index (χ2v) is 8.47. The molecular formula is C12H16N2O6S2. The second-order valence-electron chi connectivity index (χ2n) is 5.44. The molecule has 0 spiro atoms. The summed E-state index contributed by atoms with van der Waals surface area (Å²) in [5.41, 5.74) is 0.540. The summed E-state index contributed by atoms with van der Waals surface area (Å²) in [5.74, 6) is 0. The van der Waals surface area contributed by atoms with Crippen molar-refractivity contribution in [3.8, 4) is 0 Å². The van der Waals surface area contributed by atoms with Crippen LogP contribution in [0, 0.1) is 0 Å². The van der Waals surface area contributed by atoms with Crippen LogP contribution in [0.4, 0.5) is 0 Å². The molecule has 1 aromatic rings. The smallest absolute Gasteiger partial charge is 0.238 e. The lowest BCUT2D eigenvalue weighted by molar-refractivity contribution is 0.403. The molecule has 2 heterocycles. The summed E-state index contributed by atoms with van der Waals surface area (Å²) in [7, 11) is -8.18. The van der Waals surface area contributed by atoms with Crippen LogP contribution in [0.25, 0.3) is 0 Å². The summed E-state index contributed by atoms with van der Waals surface area (Å²) in [6.07, 6.45) is 0.214. The Labute approximate surface area is 128 Å². The van der Waals surface area contributed by atoms with Crippen molar-refractivity contribution < 1.29 is 26.3 Å².